The summed E-state index contributed by atoms with van der Waals surface area (Å²) in [6.07, 6.45) is 0.489. The number of pyridine rings is 1. The summed E-state index contributed by atoms with van der Waals surface area (Å²) in [7, 11) is 0. The van der Waals surface area contributed by atoms with Crippen molar-refractivity contribution in [2.75, 3.05) is 10.3 Å². The molecular weight excluding hydrogens is 607 g/mol. The van der Waals surface area contributed by atoms with Crippen LogP contribution in [0.3, 0.4) is 0 Å². The van der Waals surface area contributed by atoms with Crippen molar-refractivity contribution >= 4 is 28.9 Å². The number of fused-ring (bicyclic) bond motifs is 4. The maximum atomic E-state index is 13.7. The van der Waals surface area contributed by atoms with Gasteiger partial charge in [-0.1, -0.05) is 37.1 Å². The third-order valence-corrected chi connectivity index (χ3v) is 7.95. The van der Waals surface area contributed by atoms with Gasteiger partial charge < -0.3 is 11.1 Å². The van der Waals surface area contributed by atoms with Crippen molar-refractivity contribution < 1.29 is 18.0 Å². The Kier molecular flexibility index (Phi) is 8.98. The number of carbonyl (C=O) groups is 1. The molecule has 45 heavy (non-hydrogen) atoms. The van der Waals surface area contributed by atoms with E-state index in [1.807, 2.05) is 44.2 Å². The Balaban J connectivity index is 1.57. The van der Waals surface area contributed by atoms with Crippen LogP contribution in [-0.4, -0.2) is 26.6 Å². The highest BCUT2D eigenvalue weighted by Crippen LogP contribution is 2.35. The van der Waals surface area contributed by atoms with Crippen molar-refractivity contribution in [3.63, 3.8) is 0 Å². The van der Waals surface area contributed by atoms with E-state index < -0.39 is 23.5 Å². The fourth-order valence-electron chi connectivity index (χ4n) is 5.27. The normalized spacial score (nSPS) is 17.5. The number of aryl methyl sites for hydroxylation is 1. The number of halogens is 4. The number of amides is 1. The maximum Gasteiger partial charge on any atom is 0.432 e. The number of benzene rings is 2. The van der Waals surface area contributed by atoms with Gasteiger partial charge in [-0.25, -0.2) is 10.8 Å². The van der Waals surface area contributed by atoms with Crippen molar-refractivity contribution in [3.05, 3.63) is 106 Å². The van der Waals surface area contributed by atoms with Crippen molar-refractivity contribution in [2.45, 2.75) is 45.3 Å². The van der Waals surface area contributed by atoms with E-state index in [0.717, 1.165) is 16.7 Å². The third-order valence-electron chi connectivity index (χ3n) is 7.72. The number of nitrogens with one attached hydrogen (secondary N) is 1. The first kappa shape index (κ1) is 31.7. The summed E-state index contributed by atoms with van der Waals surface area (Å²) >= 11 is 6.21. The number of nitrogens with two attached hydrogens (primary N) is 2. The minimum absolute atomic E-state index is 0.0884. The minimum Gasteiger partial charge on any atom is -0.393 e. The summed E-state index contributed by atoms with van der Waals surface area (Å²) in [5.74, 6) is 5.57. The van der Waals surface area contributed by atoms with Gasteiger partial charge in [-0.15, -0.1) is 0 Å². The van der Waals surface area contributed by atoms with Gasteiger partial charge in [-0.2, -0.15) is 13.2 Å². The van der Waals surface area contributed by atoms with E-state index in [2.05, 4.69) is 15.3 Å². The number of aromatic nitrogens is 3. The Morgan fingerprint density at radius 1 is 1.07 bits per heavy atom. The molecule has 2 unspecified atom stereocenters. The van der Waals surface area contributed by atoms with Gasteiger partial charge in [0.2, 0.25) is 5.91 Å². The standard InChI is InChI=1S/C32H31ClF3N7O2/c1-18-6-8-22-20-10-11-39-26(13-20)28(5-3-4-19(2)31(45)41-25(22)12-18)42-17-40-24(15-30(42)44)23-14-21(33)7-9-27(23)43(38)16-29(37)32(34,35)36/h6-17,19,28H,3-5,37-38H2,1-2H3,(H,41,45)/b29-16-. The number of hydrazine groups is 1. The van der Waals surface area contributed by atoms with E-state index in [1.54, 1.807) is 6.20 Å². The first-order chi connectivity index (χ1) is 21.3. The zero-order valence-electron chi connectivity index (χ0n) is 24.5. The van der Waals surface area contributed by atoms with Gasteiger partial charge >= 0.3 is 6.18 Å². The van der Waals surface area contributed by atoms with E-state index in [-0.39, 0.29) is 33.8 Å². The van der Waals surface area contributed by atoms with E-state index in [4.69, 9.17) is 23.2 Å². The fraction of sp³-hybridized carbons (Fsp3) is 0.250. The molecule has 2 bridgehead atoms. The molecule has 1 amide bonds. The van der Waals surface area contributed by atoms with Crippen LogP contribution in [0.1, 0.15) is 43.5 Å². The average Bonchev–Trinajstić information content (AvgIpc) is 2.98. The Labute approximate surface area is 262 Å². The Hall–Kier alpha value is -4.68. The lowest BCUT2D eigenvalue weighted by Crippen LogP contribution is -2.30. The van der Waals surface area contributed by atoms with Gasteiger partial charge in [-0.3, -0.25) is 24.1 Å². The van der Waals surface area contributed by atoms with Crippen molar-refractivity contribution in [1.82, 2.24) is 14.5 Å². The number of carbonyl (C=O) groups excluding carboxylic acids is 1. The van der Waals surface area contributed by atoms with E-state index in [9.17, 15) is 22.8 Å². The lowest BCUT2D eigenvalue weighted by Gasteiger charge is -2.23. The zero-order valence-corrected chi connectivity index (χ0v) is 25.2. The van der Waals surface area contributed by atoms with Gasteiger partial charge in [0.25, 0.3) is 5.56 Å². The Morgan fingerprint density at radius 3 is 2.58 bits per heavy atom. The SMILES string of the molecule is Cc1ccc2c(c1)NC(=O)C(C)CCCC(n1cnc(-c3cc(Cl)ccc3N(N)/C=C(\N)C(F)(F)F)cc1=O)c1cc-2ccn1. The van der Waals surface area contributed by atoms with Crippen LogP contribution < -0.4 is 27.5 Å². The molecule has 2 aromatic carbocycles. The highest BCUT2D eigenvalue weighted by Gasteiger charge is 2.32. The Morgan fingerprint density at radius 2 is 1.84 bits per heavy atom. The number of allylic oxidation sites excluding steroid dienone is 1. The molecule has 4 aromatic rings. The fourth-order valence-corrected chi connectivity index (χ4v) is 5.44. The first-order valence-corrected chi connectivity index (χ1v) is 14.5. The van der Waals surface area contributed by atoms with Gasteiger partial charge in [0, 0.05) is 46.2 Å². The molecule has 0 saturated carbocycles. The molecule has 9 nitrogen and oxygen atoms in total. The molecule has 2 atom stereocenters. The zero-order chi connectivity index (χ0) is 32.5. The summed E-state index contributed by atoms with van der Waals surface area (Å²) in [6, 6.07) is 14.6. The highest BCUT2D eigenvalue weighted by molar-refractivity contribution is 6.31. The smallest absolute Gasteiger partial charge is 0.393 e. The topological polar surface area (TPSA) is 132 Å². The molecule has 0 aliphatic carbocycles. The van der Waals surface area contributed by atoms with Crippen LogP contribution in [0.2, 0.25) is 5.02 Å². The predicted octanol–water partition coefficient (Wildman–Crippen LogP) is 6.32. The second-order valence-electron chi connectivity index (χ2n) is 11.0. The van der Waals surface area contributed by atoms with E-state index in [0.29, 0.717) is 41.9 Å². The molecule has 0 radical (unpaired) electrons. The number of nitrogens with zero attached hydrogens (tertiary/aromatic N) is 4. The monoisotopic (exact) mass is 637 g/mol. The van der Waals surface area contributed by atoms with Crippen LogP contribution in [0.15, 0.2) is 83.8 Å². The molecule has 0 saturated heterocycles. The molecule has 3 heterocycles. The summed E-state index contributed by atoms with van der Waals surface area (Å²) < 4.78 is 40.6. The second-order valence-corrected chi connectivity index (χ2v) is 11.5. The Bertz CT molecular complexity index is 1840. The van der Waals surface area contributed by atoms with Crippen molar-refractivity contribution in [2.24, 2.45) is 17.5 Å². The second kappa shape index (κ2) is 12.7. The predicted molar refractivity (Wildman–Crippen MR) is 168 cm³/mol. The summed E-state index contributed by atoms with van der Waals surface area (Å²) in [5, 5.41) is 4.04. The van der Waals surface area contributed by atoms with Crippen molar-refractivity contribution in [1.29, 1.82) is 0 Å². The quantitative estimate of drug-likeness (QED) is 0.176. The molecular formula is C32H31ClF3N7O2. The molecule has 234 valence electrons. The number of alkyl halides is 3. The van der Waals surface area contributed by atoms with Gasteiger partial charge in [-0.05, 0) is 67.3 Å². The number of hydrogen-bond donors (Lipinski definition) is 3. The molecule has 13 heteroatoms. The summed E-state index contributed by atoms with van der Waals surface area (Å²) in [5.41, 5.74) is 7.78. The lowest BCUT2D eigenvalue weighted by molar-refractivity contribution is -0.119. The van der Waals surface area contributed by atoms with Gasteiger partial charge in [0.15, 0.2) is 0 Å². The van der Waals surface area contributed by atoms with Crippen LogP contribution in [0, 0.1) is 12.8 Å². The molecule has 0 fully saturated rings. The van der Waals surface area contributed by atoms with E-state index in [1.165, 1.54) is 35.2 Å². The van der Waals surface area contributed by atoms with Crippen LogP contribution in [-0.2, 0) is 4.79 Å². The minimum atomic E-state index is -4.79. The average molecular weight is 638 g/mol. The first-order valence-electron chi connectivity index (χ1n) is 14.2. The third kappa shape index (κ3) is 7.02. The molecule has 5 N–H and O–H groups in total. The summed E-state index contributed by atoms with van der Waals surface area (Å²) in [4.78, 5) is 35.8. The molecule has 0 spiro atoms. The summed E-state index contributed by atoms with van der Waals surface area (Å²) in [6.45, 7) is 3.82. The van der Waals surface area contributed by atoms with Gasteiger partial charge in [0.1, 0.15) is 5.70 Å². The molecule has 1 aliphatic heterocycles. The van der Waals surface area contributed by atoms with Crippen LogP contribution in [0.25, 0.3) is 22.4 Å². The van der Waals surface area contributed by atoms with Crippen LogP contribution in [0.5, 0.6) is 0 Å². The van der Waals surface area contributed by atoms with E-state index >= 15 is 0 Å². The molecule has 1 aliphatic rings. The molecule has 2 aromatic heterocycles. The number of hydrogen-bond acceptors (Lipinski definition) is 7. The molecule has 5 rings (SSSR count). The lowest BCUT2D eigenvalue weighted by atomic mass is 9.95. The number of rotatable bonds is 4. The largest absolute Gasteiger partial charge is 0.432 e. The highest BCUT2D eigenvalue weighted by atomic mass is 35.5. The van der Waals surface area contributed by atoms with Crippen LogP contribution >= 0.6 is 11.6 Å². The van der Waals surface area contributed by atoms with Gasteiger partial charge in [0.05, 0.1) is 29.4 Å². The number of anilines is 2. The van der Waals surface area contributed by atoms with Crippen molar-refractivity contribution in [3.8, 4) is 22.4 Å². The maximum absolute atomic E-state index is 13.7. The van der Waals surface area contributed by atoms with Crippen LogP contribution in [0.4, 0.5) is 24.5 Å².